The van der Waals surface area contributed by atoms with E-state index in [-0.39, 0.29) is 13.1 Å². The average molecular weight is 417 g/mol. The Balaban J connectivity index is 1.71. The summed E-state index contributed by atoms with van der Waals surface area (Å²) < 4.78 is 45.3. The summed E-state index contributed by atoms with van der Waals surface area (Å²) in [4.78, 5) is 30.2. The first-order valence-corrected chi connectivity index (χ1v) is 9.12. The Labute approximate surface area is 170 Å². The Bertz CT molecular complexity index is 1040. The van der Waals surface area contributed by atoms with Gasteiger partial charge in [0.25, 0.3) is 5.91 Å². The van der Waals surface area contributed by atoms with Crippen molar-refractivity contribution >= 4 is 17.5 Å². The molecule has 0 aliphatic heterocycles. The van der Waals surface area contributed by atoms with Gasteiger partial charge in [0.1, 0.15) is 6.54 Å². The number of benzene rings is 2. The quantitative estimate of drug-likeness (QED) is 0.583. The molecule has 30 heavy (non-hydrogen) atoms. The molecule has 156 valence electrons. The van der Waals surface area contributed by atoms with Crippen molar-refractivity contribution in [1.29, 1.82) is 0 Å². The summed E-state index contributed by atoms with van der Waals surface area (Å²) in [6.07, 6.45) is 3.42. The zero-order valence-corrected chi connectivity index (χ0v) is 16.0. The molecule has 1 aromatic heterocycles. The minimum Gasteiger partial charge on any atom is -0.444 e. The van der Waals surface area contributed by atoms with E-state index in [0.29, 0.717) is 23.8 Å². The Kier molecular flexibility index (Phi) is 6.51. The third-order valence-corrected chi connectivity index (χ3v) is 4.27. The van der Waals surface area contributed by atoms with Crippen LogP contribution in [-0.4, -0.2) is 34.8 Å². The van der Waals surface area contributed by atoms with Crippen molar-refractivity contribution in [2.24, 2.45) is 0 Å². The molecule has 1 heterocycles. The van der Waals surface area contributed by atoms with E-state index < -0.39 is 35.0 Å². The topological polar surface area (TPSA) is 75.4 Å². The molecular weight excluding hydrogens is 399 g/mol. The molecule has 0 saturated carbocycles. The van der Waals surface area contributed by atoms with Gasteiger partial charge in [0.05, 0.1) is 11.9 Å². The minimum atomic E-state index is -1.68. The Morgan fingerprint density at radius 3 is 2.43 bits per heavy atom. The number of hydrogen-bond acceptors (Lipinski definition) is 4. The second kappa shape index (κ2) is 9.25. The van der Waals surface area contributed by atoms with Crippen LogP contribution in [0.1, 0.15) is 23.7 Å². The summed E-state index contributed by atoms with van der Waals surface area (Å²) in [7, 11) is 0. The lowest BCUT2D eigenvalue weighted by Crippen LogP contribution is -2.38. The van der Waals surface area contributed by atoms with Gasteiger partial charge in [0.15, 0.2) is 29.6 Å². The number of hydrogen-bond donors (Lipinski definition) is 1. The molecule has 0 bridgehead atoms. The van der Waals surface area contributed by atoms with Gasteiger partial charge in [-0.1, -0.05) is 19.1 Å². The molecule has 0 aliphatic rings. The lowest BCUT2D eigenvalue weighted by atomic mass is 10.1. The largest absolute Gasteiger partial charge is 0.444 e. The first-order chi connectivity index (χ1) is 14.4. The zero-order chi connectivity index (χ0) is 21.7. The first kappa shape index (κ1) is 21.1. The standard InChI is InChI=1S/C21H18F3N3O3/c1-2-9-27(11-18(28)26-16-8-7-15(22)19(23)20(16)24)21(29)14-5-3-13(4-6-14)17-10-25-12-30-17/h3-8,10,12H,2,9,11H2,1H3,(H,26,28). The predicted octanol–water partition coefficient (Wildman–Crippen LogP) is 4.25. The summed E-state index contributed by atoms with van der Waals surface area (Å²) in [5.41, 5.74) is 0.579. The number of carbonyl (C=O) groups excluding carboxylic acids is 2. The Morgan fingerprint density at radius 2 is 1.80 bits per heavy atom. The van der Waals surface area contributed by atoms with Crippen LogP contribution in [0.4, 0.5) is 18.9 Å². The second-order valence-corrected chi connectivity index (χ2v) is 6.44. The number of oxazole rings is 1. The molecule has 0 saturated heterocycles. The summed E-state index contributed by atoms with van der Waals surface area (Å²) >= 11 is 0. The predicted molar refractivity (Wildman–Crippen MR) is 103 cm³/mol. The second-order valence-electron chi connectivity index (χ2n) is 6.44. The smallest absolute Gasteiger partial charge is 0.254 e. The number of rotatable bonds is 7. The van der Waals surface area contributed by atoms with Crippen LogP contribution in [0.5, 0.6) is 0 Å². The van der Waals surface area contributed by atoms with Crippen LogP contribution in [0.3, 0.4) is 0 Å². The van der Waals surface area contributed by atoms with E-state index >= 15 is 0 Å². The van der Waals surface area contributed by atoms with E-state index in [1.807, 2.05) is 6.92 Å². The van der Waals surface area contributed by atoms with E-state index in [4.69, 9.17) is 4.42 Å². The number of amides is 2. The summed E-state index contributed by atoms with van der Waals surface area (Å²) in [5, 5.41) is 2.17. The maximum atomic E-state index is 13.8. The van der Waals surface area contributed by atoms with Gasteiger partial charge in [-0.25, -0.2) is 18.2 Å². The van der Waals surface area contributed by atoms with E-state index in [1.165, 1.54) is 11.3 Å². The highest BCUT2D eigenvalue weighted by Crippen LogP contribution is 2.21. The Hall–Kier alpha value is -3.62. The number of nitrogens with one attached hydrogen (secondary N) is 1. The van der Waals surface area contributed by atoms with Crippen LogP contribution in [0, 0.1) is 17.5 Å². The fourth-order valence-electron chi connectivity index (χ4n) is 2.83. The van der Waals surface area contributed by atoms with Crippen molar-refractivity contribution in [1.82, 2.24) is 9.88 Å². The van der Waals surface area contributed by atoms with Crippen LogP contribution in [-0.2, 0) is 4.79 Å². The molecule has 0 radical (unpaired) electrons. The lowest BCUT2D eigenvalue weighted by molar-refractivity contribution is -0.116. The number of nitrogens with zero attached hydrogens (tertiary/aromatic N) is 2. The molecule has 3 aromatic rings. The molecule has 6 nitrogen and oxygen atoms in total. The molecule has 2 amide bonds. The first-order valence-electron chi connectivity index (χ1n) is 9.12. The van der Waals surface area contributed by atoms with Gasteiger partial charge < -0.3 is 14.6 Å². The lowest BCUT2D eigenvalue weighted by Gasteiger charge is -2.22. The van der Waals surface area contributed by atoms with Crippen molar-refractivity contribution < 1.29 is 27.2 Å². The highest BCUT2D eigenvalue weighted by atomic mass is 19.2. The SMILES string of the molecule is CCCN(CC(=O)Nc1ccc(F)c(F)c1F)C(=O)c1ccc(-c2cnco2)cc1. The van der Waals surface area contributed by atoms with Crippen molar-refractivity contribution in [2.45, 2.75) is 13.3 Å². The van der Waals surface area contributed by atoms with Crippen molar-refractivity contribution in [3.63, 3.8) is 0 Å². The van der Waals surface area contributed by atoms with E-state index in [9.17, 15) is 22.8 Å². The Morgan fingerprint density at radius 1 is 1.07 bits per heavy atom. The summed E-state index contributed by atoms with van der Waals surface area (Å²) in [6, 6.07) is 8.19. The van der Waals surface area contributed by atoms with Crippen LogP contribution in [0.2, 0.25) is 0 Å². The number of halogens is 3. The minimum absolute atomic E-state index is 0.274. The normalized spacial score (nSPS) is 10.7. The van der Waals surface area contributed by atoms with E-state index in [0.717, 1.165) is 11.6 Å². The molecule has 0 spiro atoms. The van der Waals surface area contributed by atoms with Gasteiger partial charge in [-0.05, 0) is 30.7 Å². The molecule has 0 aliphatic carbocycles. The van der Waals surface area contributed by atoms with Crippen molar-refractivity contribution in [2.75, 3.05) is 18.4 Å². The van der Waals surface area contributed by atoms with Crippen LogP contribution < -0.4 is 5.32 Å². The van der Waals surface area contributed by atoms with Gasteiger partial charge >= 0.3 is 0 Å². The molecule has 0 atom stereocenters. The molecule has 0 unspecified atom stereocenters. The molecule has 9 heteroatoms. The van der Waals surface area contributed by atoms with Crippen LogP contribution >= 0.6 is 0 Å². The molecular formula is C21H18F3N3O3. The fourth-order valence-corrected chi connectivity index (χ4v) is 2.83. The summed E-state index contributed by atoms with van der Waals surface area (Å²) in [5.74, 6) is -5.13. The molecule has 2 aromatic carbocycles. The van der Waals surface area contributed by atoms with E-state index in [1.54, 1.807) is 30.5 Å². The number of anilines is 1. The molecule has 0 fully saturated rings. The third-order valence-electron chi connectivity index (χ3n) is 4.27. The fraction of sp³-hybridized carbons (Fsp3) is 0.190. The molecule has 3 rings (SSSR count). The maximum Gasteiger partial charge on any atom is 0.254 e. The third kappa shape index (κ3) is 4.68. The number of carbonyl (C=O) groups is 2. The van der Waals surface area contributed by atoms with Crippen LogP contribution in [0.15, 0.2) is 53.4 Å². The number of aromatic nitrogens is 1. The summed E-state index contributed by atoms with van der Waals surface area (Å²) in [6.45, 7) is 1.73. The van der Waals surface area contributed by atoms with Crippen molar-refractivity contribution in [3.05, 3.63) is 72.0 Å². The van der Waals surface area contributed by atoms with Crippen molar-refractivity contribution in [3.8, 4) is 11.3 Å². The monoisotopic (exact) mass is 417 g/mol. The highest BCUT2D eigenvalue weighted by molar-refractivity contribution is 5.99. The molecule has 1 N–H and O–H groups in total. The van der Waals surface area contributed by atoms with Gasteiger partial charge in [-0.2, -0.15) is 0 Å². The van der Waals surface area contributed by atoms with Gasteiger partial charge in [0, 0.05) is 17.7 Å². The van der Waals surface area contributed by atoms with E-state index in [2.05, 4.69) is 10.3 Å². The zero-order valence-electron chi connectivity index (χ0n) is 16.0. The average Bonchev–Trinajstić information content (AvgIpc) is 3.28. The highest BCUT2D eigenvalue weighted by Gasteiger charge is 2.20. The maximum absolute atomic E-state index is 13.8. The van der Waals surface area contributed by atoms with Gasteiger partial charge in [-0.3, -0.25) is 9.59 Å². The van der Waals surface area contributed by atoms with Gasteiger partial charge in [0.2, 0.25) is 5.91 Å². The van der Waals surface area contributed by atoms with Gasteiger partial charge in [-0.15, -0.1) is 0 Å². The van der Waals surface area contributed by atoms with Crippen LogP contribution in [0.25, 0.3) is 11.3 Å².